The standard InChI is InChI=1S/C24H22N4O4/c1-15-11-21(28(30)31)7-10-23(15)27-16(2)12-18(17(27)3)13-19(14-25)24(29)26-20-5-8-22(32-4)9-6-20/h5-13H,1-4H3,(H,26,29)/b19-13-. The van der Waals surface area contributed by atoms with Crippen molar-refractivity contribution in [1.82, 2.24) is 4.57 Å². The van der Waals surface area contributed by atoms with Crippen LogP contribution in [0.1, 0.15) is 22.5 Å². The van der Waals surface area contributed by atoms with Gasteiger partial charge in [0.1, 0.15) is 17.4 Å². The molecule has 3 rings (SSSR count). The van der Waals surface area contributed by atoms with Gasteiger partial charge < -0.3 is 14.6 Å². The van der Waals surface area contributed by atoms with Crippen LogP contribution in [0.2, 0.25) is 0 Å². The van der Waals surface area contributed by atoms with Crippen molar-refractivity contribution in [1.29, 1.82) is 5.26 Å². The monoisotopic (exact) mass is 430 g/mol. The van der Waals surface area contributed by atoms with E-state index < -0.39 is 10.8 Å². The quantitative estimate of drug-likeness (QED) is 0.260. The van der Waals surface area contributed by atoms with Crippen molar-refractivity contribution in [3.05, 3.63) is 86.7 Å². The lowest BCUT2D eigenvalue weighted by atomic mass is 10.1. The zero-order valence-corrected chi connectivity index (χ0v) is 18.2. The van der Waals surface area contributed by atoms with E-state index in [4.69, 9.17) is 4.74 Å². The fourth-order valence-corrected chi connectivity index (χ4v) is 3.49. The van der Waals surface area contributed by atoms with Gasteiger partial charge in [0.15, 0.2) is 0 Å². The van der Waals surface area contributed by atoms with Gasteiger partial charge in [0.25, 0.3) is 11.6 Å². The molecule has 32 heavy (non-hydrogen) atoms. The summed E-state index contributed by atoms with van der Waals surface area (Å²) in [5.74, 6) is 0.141. The maximum absolute atomic E-state index is 12.6. The number of anilines is 1. The zero-order valence-electron chi connectivity index (χ0n) is 18.2. The molecule has 0 radical (unpaired) electrons. The highest BCUT2D eigenvalue weighted by Crippen LogP contribution is 2.27. The van der Waals surface area contributed by atoms with Crippen molar-refractivity contribution in [2.24, 2.45) is 0 Å². The number of hydrogen-bond donors (Lipinski definition) is 1. The van der Waals surface area contributed by atoms with Crippen molar-refractivity contribution < 1.29 is 14.5 Å². The number of hydrogen-bond acceptors (Lipinski definition) is 5. The summed E-state index contributed by atoms with van der Waals surface area (Å²) in [4.78, 5) is 23.2. The number of carbonyl (C=O) groups is 1. The number of carbonyl (C=O) groups excluding carboxylic acids is 1. The Morgan fingerprint density at radius 2 is 1.84 bits per heavy atom. The molecular formula is C24H22N4O4. The highest BCUT2D eigenvalue weighted by atomic mass is 16.6. The van der Waals surface area contributed by atoms with Gasteiger partial charge in [-0.2, -0.15) is 5.26 Å². The van der Waals surface area contributed by atoms with Crippen molar-refractivity contribution >= 4 is 23.4 Å². The van der Waals surface area contributed by atoms with E-state index in [0.29, 0.717) is 17.0 Å². The second kappa shape index (κ2) is 9.18. The predicted molar refractivity (Wildman–Crippen MR) is 122 cm³/mol. The molecule has 0 atom stereocenters. The normalized spacial score (nSPS) is 11.0. The molecule has 0 aliphatic rings. The second-order valence-corrected chi connectivity index (χ2v) is 7.24. The van der Waals surface area contributed by atoms with Crippen LogP contribution in [0.3, 0.4) is 0 Å². The van der Waals surface area contributed by atoms with Crippen LogP contribution in [0.15, 0.2) is 54.1 Å². The summed E-state index contributed by atoms with van der Waals surface area (Å²) < 4.78 is 7.05. The van der Waals surface area contributed by atoms with Gasteiger partial charge in [0.2, 0.25) is 0 Å². The Hall–Kier alpha value is -4.38. The molecule has 1 heterocycles. The van der Waals surface area contributed by atoms with Gasteiger partial charge >= 0.3 is 0 Å². The smallest absolute Gasteiger partial charge is 0.269 e. The SMILES string of the molecule is COc1ccc(NC(=O)/C(C#N)=C\c2cc(C)n(-c3ccc([N+](=O)[O-])cc3C)c2C)cc1. The van der Waals surface area contributed by atoms with Crippen molar-refractivity contribution in [2.75, 3.05) is 12.4 Å². The number of aromatic nitrogens is 1. The minimum atomic E-state index is -0.519. The summed E-state index contributed by atoms with van der Waals surface area (Å²) in [6.07, 6.45) is 1.54. The average molecular weight is 430 g/mol. The van der Waals surface area contributed by atoms with E-state index in [9.17, 15) is 20.2 Å². The molecule has 0 bridgehead atoms. The molecule has 1 amide bonds. The summed E-state index contributed by atoms with van der Waals surface area (Å²) in [5, 5.41) is 23.3. The molecule has 0 aliphatic heterocycles. The van der Waals surface area contributed by atoms with Crippen LogP contribution < -0.4 is 10.1 Å². The molecule has 8 heteroatoms. The number of methoxy groups -OCH3 is 1. The number of nitrogens with zero attached hydrogens (tertiary/aromatic N) is 3. The van der Waals surface area contributed by atoms with E-state index in [2.05, 4.69) is 5.32 Å². The molecule has 1 aromatic heterocycles. The van der Waals surface area contributed by atoms with Gasteiger partial charge in [-0.15, -0.1) is 0 Å². The predicted octanol–water partition coefficient (Wildman–Crippen LogP) is 4.87. The van der Waals surface area contributed by atoms with E-state index in [1.807, 2.05) is 30.6 Å². The third-order valence-corrected chi connectivity index (χ3v) is 5.12. The molecule has 0 fully saturated rings. The molecule has 2 aromatic carbocycles. The lowest BCUT2D eigenvalue weighted by molar-refractivity contribution is -0.384. The van der Waals surface area contributed by atoms with Crippen molar-refractivity contribution in [3.63, 3.8) is 0 Å². The highest BCUT2D eigenvalue weighted by molar-refractivity contribution is 6.09. The van der Waals surface area contributed by atoms with Crippen molar-refractivity contribution in [3.8, 4) is 17.5 Å². The largest absolute Gasteiger partial charge is 0.497 e. The molecular weight excluding hydrogens is 408 g/mol. The topological polar surface area (TPSA) is 110 Å². The number of rotatable bonds is 6. The van der Waals surface area contributed by atoms with Crippen LogP contribution in [0.4, 0.5) is 11.4 Å². The van der Waals surface area contributed by atoms with Crippen LogP contribution in [-0.2, 0) is 4.79 Å². The Bertz CT molecular complexity index is 1260. The van der Waals surface area contributed by atoms with Crippen LogP contribution in [0.5, 0.6) is 5.75 Å². The molecule has 162 valence electrons. The molecule has 0 unspecified atom stereocenters. The van der Waals surface area contributed by atoms with E-state index >= 15 is 0 Å². The second-order valence-electron chi connectivity index (χ2n) is 7.24. The zero-order chi connectivity index (χ0) is 23.4. The maximum atomic E-state index is 12.6. The molecule has 0 saturated heterocycles. The Kier molecular flexibility index (Phi) is 6.40. The first kappa shape index (κ1) is 22.3. The van der Waals surface area contributed by atoms with E-state index in [0.717, 1.165) is 22.6 Å². The lowest BCUT2D eigenvalue weighted by Gasteiger charge is -2.12. The Morgan fingerprint density at radius 1 is 1.16 bits per heavy atom. The minimum absolute atomic E-state index is 0.0239. The molecule has 0 saturated carbocycles. The van der Waals surface area contributed by atoms with Gasteiger partial charge in [-0.25, -0.2) is 0 Å². The first-order valence-corrected chi connectivity index (χ1v) is 9.76. The average Bonchev–Trinajstić information content (AvgIpc) is 3.05. The fraction of sp³-hybridized carbons (Fsp3) is 0.167. The Morgan fingerprint density at radius 3 is 2.41 bits per heavy atom. The first-order valence-electron chi connectivity index (χ1n) is 9.76. The number of benzene rings is 2. The van der Waals surface area contributed by atoms with E-state index in [1.54, 1.807) is 50.4 Å². The number of nitrogens with one attached hydrogen (secondary N) is 1. The van der Waals surface area contributed by atoms with Gasteiger partial charge in [-0.05, 0) is 74.4 Å². The van der Waals surface area contributed by atoms with Gasteiger partial charge in [0, 0.05) is 34.9 Å². The van der Waals surface area contributed by atoms with Crippen molar-refractivity contribution in [2.45, 2.75) is 20.8 Å². The summed E-state index contributed by atoms with van der Waals surface area (Å²) in [7, 11) is 1.55. The molecule has 0 aliphatic carbocycles. The summed E-state index contributed by atoms with van der Waals surface area (Å²) in [6, 6.07) is 15.3. The lowest BCUT2D eigenvalue weighted by Crippen LogP contribution is -2.13. The van der Waals surface area contributed by atoms with E-state index in [-0.39, 0.29) is 11.3 Å². The maximum Gasteiger partial charge on any atom is 0.269 e. The summed E-state index contributed by atoms with van der Waals surface area (Å²) in [5.41, 5.74) is 4.46. The van der Waals surface area contributed by atoms with E-state index in [1.165, 1.54) is 12.1 Å². The first-order chi connectivity index (χ1) is 15.2. The number of nitriles is 1. The Labute approximate surface area is 185 Å². The molecule has 1 N–H and O–H groups in total. The van der Waals surface area contributed by atoms with Crippen LogP contribution in [0.25, 0.3) is 11.8 Å². The molecule has 8 nitrogen and oxygen atoms in total. The number of aryl methyl sites for hydroxylation is 2. The third kappa shape index (κ3) is 4.52. The number of amides is 1. The minimum Gasteiger partial charge on any atom is -0.497 e. The number of non-ortho nitro benzene ring substituents is 1. The van der Waals surface area contributed by atoms with Crippen LogP contribution >= 0.6 is 0 Å². The van der Waals surface area contributed by atoms with Gasteiger partial charge in [-0.3, -0.25) is 14.9 Å². The highest BCUT2D eigenvalue weighted by Gasteiger charge is 2.16. The fourth-order valence-electron chi connectivity index (χ4n) is 3.49. The molecule has 3 aromatic rings. The summed E-state index contributed by atoms with van der Waals surface area (Å²) in [6.45, 7) is 5.57. The van der Waals surface area contributed by atoms with Crippen LogP contribution in [-0.4, -0.2) is 22.5 Å². The number of ether oxygens (including phenoxy) is 1. The summed E-state index contributed by atoms with van der Waals surface area (Å²) >= 11 is 0. The van der Waals surface area contributed by atoms with Gasteiger partial charge in [-0.1, -0.05) is 0 Å². The Balaban J connectivity index is 1.93. The van der Waals surface area contributed by atoms with Crippen LogP contribution in [0, 0.1) is 42.2 Å². The number of nitro benzene ring substituents is 1. The number of nitro groups is 1. The third-order valence-electron chi connectivity index (χ3n) is 5.12. The molecule has 0 spiro atoms. The van der Waals surface area contributed by atoms with Gasteiger partial charge in [0.05, 0.1) is 12.0 Å².